The van der Waals surface area contributed by atoms with E-state index in [1.54, 1.807) is 0 Å². The Bertz CT molecular complexity index is 909. The lowest BCUT2D eigenvalue weighted by Crippen LogP contribution is -2.29. The summed E-state index contributed by atoms with van der Waals surface area (Å²) in [4.78, 5) is 0. The van der Waals surface area contributed by atoms with Crippen molar-refractivity contribution in [1.29, 1.82) is 0 Å². The first-order valence-corrected chi connectivity index (χ1v) is 12.0. The van der Waals surface area contributed by atoms with Crippen LogP contribution in [0, 0.1) is 0 Å². The fraction of sp³-hybridized carbons (Fsp3) is 0.417. The van der Waals surface area contributed by atoms with Crippen molar-refractivity contribution in [2.75, 3.05) is 32.2 Å². The minimum absolute atomic E-state index is 0.130. The maximum atomic E-state index is 9.59. The molecule has 6 N–H and O–H groups in total. The van der Waals surface area contributed by atoms with E-state index in [4.69, 9.17) is 37.8 Å². The molecule has 2 aromatic carbocycles. The lowest BCUT2D eigenvalue weighted by atomic mass is 9.78. The van der Waals surface area contributed by atoms with Crippen molar-refractivity contribution in [1.82, 2.24) is 5.01 Å². The Labute approximate surface area is 209 Å². The van der Waals surface area contributed by atoms with Crippen LogP contribution in [0.3, 0.4) is 0 Å². The molecule has 0 aliphatic heterocycles. The van der Waals surface area contributed by atoms with Gasteiger partial charge in [-0.1, -0.05) is 32.0 Å². The minimum atomic E-state index is -0.702. The fourth-order valence-corrected chi connectivity index (χ4v) is 3.71. The van der Waals surface area contributed by atoms with Crippen LogP contribution in [-0.4, -0.2) is 53.6 Å². The van der Waals surface area contributed by atoms with Crippen LogP contribution in [0.4, 0.5) is 0 Å². The molecule has 0 amide bonds. The molecule has 0 fully saturated rings. The van der Waals surface area contributed by atoms with Gasteiger partial charge in [-0.05, 0) is 51.3 Å². The van der Waals surface area contributed by atoms with E-state index in [9.17, 15) is 5.11 Å². The average molecular weight is 543 g/mol. The molecule has 0 aliphatic rings. The summed E-state index contributed by atoms with van der Waals surface area (Å²) in [6.45, 7) is 5.30. The molecule has 0 aromatic heterocycles. The number of rotatable bonds is 13. The molecular weight excluding hydrogens is 510 g/mol. The Hall–Kier alpha value is -1.97. The molecule has 0 spiro atoms. The second kappa shape index (κ2) is 13.1. The monoisotopic (exact) mass is 541 g/mol. The Morgan fingerprint density at radius 3 is 2.45 bits per heavy atom. The molecule has 9 heteroatoms. The average Bonchev–Trinajstić information content (AvgIpc) is 2.80. The van der Waals surface area contributed by atoms with Gasteiger partial charge in [-0.2, -0.15) is 0 Å². The van der Waals surface area contributed by atoms with E-state index in [1.807, 2.05) is 30.3 Å². The van der Waals surface area contributed by atoms with E-state index in [1.165, 1.54) is 11.2 Å². The zero-order valence-electron chi connectivity index (χ0n) is 19.0. The molecule has 7 nitrogen and oxygen atoms in total. The van der Waals surface area contributed by atoms with Crippen LogP contribution >= 0.6 is 27.5 Å². The summed E-state index contributed by atoms with van der Waals surface area (Å²) >= 11 is 9.18. The first-order chi connectivity index (χ1) is 15.7. The summed E-state index contributed by atoms with van der Waals surface area (Å²) in [5.74, 6) is 7.37. The van der Waals surface area contributed by atoms with Crippen molar-refractivity contribution < 1.29 is 19.7 Å². The number of nitrogens with two attached hydrogens (primary N) is 2. The van der Waals surface area contributed by atoms with Gasteiger partial charge in [0.05, 0.1) is 29.3 Å². The second-order valence-corrected chi connectivity index (χ2v) is 9.38. The van der Waals surface area contributed by atoms with Crippen molar-refractivity contribution in [3.63, 3.8) is 0 Å². The summed E-state index contributed by atoms with van der Waals surface area (Å²) in [7, 11) is 0. The van der Waals surface area contributed by atoms with Gasteiger partial charge in [-0.3, -0.25) is 0 Å². The summed E-state index contributed by atoms with van der Waals surface area (Å²) in [6.07, 6.45) is 1.52. The van der Waals surface area contributed by atoms with Crippen molar-refractivity contribution in [3.05, 3.63) is 70.0 Å². The first-order valence-electron chi connectivity index (χ1n) is 10.7. The fourth-order valence-electron chi connectivity index (χ4n) is 3.13. The normalized spacial score (nSPS) is 13.0. The highest BCUT2D eigenvalue weighted by Crippen LogP contribution is 2.36. The third-order valence-electron chi connectivity index (χ3n) is 5.18. The van der Waals surface area contributed by atoms with E-state index < -0.39 is 6.10 Å². The van der Waals surface area contributed by atoms with Gasteiger partial charge in [0, 0.05) is 24.6 Å². The number of ether oxygens (including phenoxy) is 2. The SMILES string of the molecule is CC(C)(c1ccc(OCCCN(N)/C=C(\N)CO)cc1)c1ccc(OC[C@@H](O)CCl)c(Br)c1. The largest absolute Gasteiger partial charge is 0.494 e. The molecule has 0 heterocycles. The van der Waals surface area contributed by atoms with Crippen molar-refractivity contribution >= 4 is 27.5 Å². The maximum Gasteiger partial charge on any atom is 0.133 e. The van der Waals surface area contributed by atoms with Crippen LogP contribution in [0.2, 0.25) is 0 Å². The highest BCUT2D eigenvalue weighted by molar-refractivity contribution is 9.10. The summed E-state index contributed by atoms with van der Waals surface area (Å²) in [5.41, 5.74) is 7.88. The van der Waals surface area contributed by atoms with Gasteiger partial charge in [0.1, 0.15) is 24.2 Å². The molecule has 0 saturated carbocycles. The Morgan fingerprint density at radius 2 is 1.85 bits per heavy atom. The van der Waals surface area contributed by atoms with Crippen LogP contribution in [0.25, 0.3) is 0 Å². The Kier molecular flexibility index (Phi) is 10.8. The maximum absolute atomic E-state index is 9.59. The van der Waals surface area contributed by atoms with E-state index in [2.05, 4.69) is 41.9 Å². The number of alkyl halides is 1. The van der Waals surface area contributed by atoms with Crippen molar-refractivity contribution in [2.24, 2.45) is 11.6 Å². The number of nitrogens with zero attached hydrogens (tertiary/aromatic N) is 1. The molecule has 2 aromatic rings. The van der Waals surface area contributed by atoms with Crippen LogP contribution in [-0.2, 0) is 5.41 Å². The number of hydrazine groups is 1. The third kappa shape index (κ3) is 8.39. The Balaban J connectivity index is 1.95. The van der Waals surface area contributed by atoms with Crippen LogP contribution in [0.15, 0.2) is 58.8 Å². The van der Waals surface area contributed by atoms with Gasteiger partial charge in [-0.15, -0.1) is 11.6 Å². The number of aliphatic hydroxyl groups excluding tert-OH is 2. The minimum Gasteiger partial charge on any atom is -0.494 e. The molecule has 2 rings (SSSR count). The van der Waals surface area contributed by atoms with Crippen molar-refractivity contribution in [3.8, 4) is 11.5 Å². The molecule has 0 unspecified atom stereocenters. The van der Waals surface area contributed by atoms with E-state index in [0.29, 0.717) is 31.0 Å². The highest BCUT2D eigenvalue weighted by atomic mass is 79.9. The Morgan fingerprint density at radius 1 is 1.18 bits per heavy atom. The zero-order valence-corrected chi connectivity index (χ0v) is 21.3. The number of hydrogen-bond acceptors (Lipinski definition) is 7. The first kappa shape index (κ1) is 27.3. The molecule has 0 radical (unpaired) electrons. The lowest BCUT2D eigenvalue weighted by molar-refractivity contribution is 0.125. The van der Waals surface area contributed by atoms with Crippen LogP contribution in [0.5, 0.6) is 11.5 Å². The number of halogens is 2. The summed E-state index contributed by atoms with van der Waals surface area (Å²) < 4.78 is 12.3. The molecule has 1 atom stereocenters. The molecule has 33 heavy (non-hydrogen) atoms. The van der Waals surface area contributed by atoms with E-state index >= 15 is 0 Å². The number of benzene rings is 2. The van der Waals surface area contributed by atoms with E-state index in [-0.39, 0.29) is 24.5 Å². The second-order valence-electron chi connectivity index (χ2n) is 8.22. The quantitative estimate of drug-likeness (QED) is 0.133. The number of hydrogen-bond donors (Lipinski definition) is 4. The summed E-state index contributed by atoms with van der Waals surface area (Å²) in [5, 5.41) is 19.9. The zero-order chi connectivity index (χ0) is 24.4. The molecule has 182 valence electrons. The predicted octanol–water partition coefficient (Wildman–Crippen LogP) is 3.49. The number of aliphatic hydroxyl groups is 2. The molecule has 0 bridgehead atoms. The van der Waals surface area contributed by atoms with Crippen LogP contribution < -0.4 is 21.1 Å². The van der Waals surface area contributed by atoms with E-state index in [0.717, 1.165) is 21.3 Å². The van der Waals surface area contributed by atoms with Crippen molar-refractivity contribution in [2.45, 2.75) is 31.8 Å². The smallest absolute Gasteiger partial charge is 0.133 e. The van der Waals surface area contributed by atoms with Gasteiger partial charge in [-0.25, -0.2) is 5.84 Å². The van der Waals surface area contributed by atoms with Gasteiger partial charge in [0.25, 0.3) is 0 Å². The van der Waals surface area contributed by atoms with Crippen LogP contribution in [0.1, 0.15) is 31.4 Å². The highest BCUT2D eigenvalue weighted by Gasteiger charge is 2.24. The van der Waals surface area contributed by atoms with Gasteiger partial charge < -0.3 is 30.4 Å². The van der Waals surface area contributed by atoms with Gasteiger partial charge >= 0.3 is 0 Å². The predicted molar refractivity (Wildman–Crippen MR) is 135 cm³/mol. The summed E-state index contributed by atoms with van der Waals surface area (Å²) in [6, 6.07) is 14.0. The van der Waals surface area contributed by atoms with Gasteiger partial charge in [0.2, 0.25) is 0 Å². The third-order valence-corrected chi connectivity index (χ3v) is 6.16. The lowest BCUT2D eigenvalue weighted by Gasteiger charge is -2.27. The molecule has 0 aliphatic carbocycles. The standard InChI is InChI=1S/C24H33BrClN3O4/c1-24(2,18-6-9-23(22(25)12-18)33-16-20(31)13-26)17-4-7-21(8-5-17)32-11-3-10-29(28)14-19(27)15-30/h4-9,12,14,20,30-31H,3,10-11,13,15-16,27-28H2,1-2H3/b19-14-/t20-/m0/s1. The van der Waals surface area contributed by atoms with Gasteiger partial charge in [0.15, 0.2) is 0 Å². The molecule has 0 saturated heterocycles. The molecular formula is C24H33BrClN3O4. The topological polar surface area (TPSA) is 114 Å².